The third kappa shape index (κ3) is 6.18. The number of quaternary nitrogens is 1. The Balaban J connectivity index is 1.80. The predicted molar refractivity (Wildman–Crippen MR) is 105 cm³/mol. The molecule has 0 saturated heterocycles. The van der Waals surface area contributed by atoms with E-state index in [1.807, 2.05) is 18.2 Å². The van der Waals surface area contributed by atoms with Crippen molar-refractivity contribution in [2.75, 3.05) is 25.5 Å². The van der Waals surface area contributed by atoms with Crippen LogP contribution in [0.15, 0.2) is 42.5 Å². The van der Waals surface area contributed by atoms with Gasteiger partial charge in [0, 0.05) is 11.6 Å². The van der Waals surface area contributed by atoms with Crippen LogP contribution in [0.1, 0.15) is 5.56 Å². The highest BCUT2D eigenvalue weighted by atomic mass is 35.5. The number of anilines is 1. The van der Waals surface area contributed by atoms with E-state index in [-0.39, 0.29) is 24.9 Å². The second-order valence-electron chi connectivity index (χ2n) is 5.82. The number of para-hydroxylation sites is 1. The van der Waals surface area contributed by atoms with Crippen LogP contribution in [0.5, 0.6) is 0 Å². The maximum atomic E-state index is 12.1. The van der Waals surface area contributed by atoms with Gasteiger partial charge in [-0.15, -0.1) is 0 Å². The van der Waals surface area contributed by atoms with Crippen LogP contribution in [0.25, 0.3) is 0 Å². The number of hydrogen-bond acceptors (Lipinski definition) is 2. The van der Waals surface area contributed by atoms with Crippen LogP contribution in [0.2, 0.25) is 15.1 Å². The summed E-state index contributed by atoms with van der Waals surface area (Å²) in [6.07, 6.45) is 0. The summed E-state index contributed by atoms with van der Waals surface area (Å²) in [6, 6.07) is 12.3. The Hall–Kier alpha value is -1.79. The van der Waals surface area contributed by atoms with E-state index in [0.717, 1.165) is 10.5 Å². The Labute approximate surface area is 167 Å². The van der Waals surface area contributed by atoms with Crippen LogP contribution in [-0.2, 0) is 16.1 Å². The van der Waals surface area contributed by atoms with E-state index in [0.29, 0.717) is 27.3 Å². The smallest absolute Gasteiger partial charge is 0.279 e. The number of carbonyl (C=O) groups is 2. The van der Waals surface area contributed by atoms with Gasteiger partial charge in [-0.2, -0.15) is 0 Å². The average molecular weight is 416 g/mol. The van der Waals surface area contributed by atoms with Gasteiger partial charge in [0.05, 0.1) is 22.8 Å². The fourth-order valence-corrected chi connectivity index (χ4v) is 3.00. The summed E-state index contributed by atoms with van der Waals surface area (Å²) in [5.41, 5.74) is 1.21. The number of rotatable bonds is 7. The zero-order valence-electron chi connectivity index (χ0n) is 14.1. The fourth-order valence-electron chi connectivity index (χ4n) is 2.31. The molecule has 0 aliphatic heterocycles. The van der Waals surface area contributed by atoms with E-state index in [4.69, 9.17) is 34.8 Å². The molecule has 0 bridgehead atoms. The van der Waals surface area contributed by atoms with E-state index in [1.165, 1.54) is 0 Å². The number of nitrogens with one attached hydrogen (secondary N) is 3. The van der Waals surface area contributed by atoms with E-state index >= 15 is 0 Å². The Bertz CT molecular complexity index is 779. The van der Waals surface area contributed by atoms with Crippen molar-refractivity contribution in [1.82, 2.24) is 5.32 Å². The van der Waals surface area contributed by atoms with Crippen molar-refractivity contribution < 1.29 is 14.5 Å². The van der Waals surface area contributed by atoms with Crippen LogP contribution >= 0.6 is 34.8 Å². The fraction of sp³-hybridized carbons (Fsp3) is 0.222. The lowest BCUT2D eigenvalue weighted by Crippen LogP contribution is -3.11. The van der Waals surface area contributed by atoms with Crippen molar-refractivity contribution in [2.24, 2.45) is 0 Å². The molecule has 138 valence electrons. The van der Waals surface area contributed by atoms with Gasteiger partial charge in [-0.3, -0.25) is 9.59 Å². The molecule has 26 heavy (non-hydrogen) atoms. The lowest BCUT2D eigenvalue weighted by atomic mass is 10.2. The Morgan fingerprint density at radius 1 is 0.885 bits per heavy atom. The first-order valence-corrected chi connectivity index (χ1v) is 9.05. The van der Waals surface area contributed by atoms with Crippen molar-refractivity contribution in [3.05, 3.63) is 63.1 Å². The summed E-state index contributed by atoms with van der Waals surface area (Å²) in [7, 11) is 1.75. The van der Waals surface area contributed by atoms with Gasteiger partial charge in [0.25, 0.3) is 11.8 Å². The first-order chi connectivity index (χ1) is 12.4. The molecule has 2 aromatic rings. The molecule has 1 atom stereocenters. The highest BCUT2D eigenvalue weighted by Crippen LogP contribution is 2.29. The second kappa shape index (κ2) is 9.78. The molecule has 0 aromatic heterocycles. The minimum Gasteiger partial charge on any atom is -0.347 e. The van der Waals surface area contributed by atoms with Gasteiger partial charge >= 0.3 is 0 Å². The molecule has 0 radical (unpaired) electrons. The molecule has 1 unspecified atom stereocenters. The van der Waals surface area contributed by atoms with Crippen molar-refractivity contribution in [2.45, 2.75) is 6.54 Å². The molecule has 0 aliphatic carbocycles. The molecule has 2 aromatic carbocycles. The maximum Gasteiger partial charge on any atom is 0.279 e. The number of hydrogen-bond donors (Lipinski definition) is 3. The third-order valence-corrected chi connectivity index (χ3v) is 4.58. The average Bonchev–Trinajstić information content (AvgIpc) is 2.57. The van der Waals surface area contributed by atoms with Crippen LogP contribution in [0.3, 0.4) is 0 Å². The SMILES string of the molecule is C[NH+](CC(=O)NCc1ccccc1Cl)CC(=O)Nc1c(Cl)cccc1Cl. The molecule has 0 spiro atoms. The van der Waals surface area contributed by atoms with E-state index in [2.05, 4.69) is 10.6 Å². The van der Waals surface area contributed by atoms with Crippen molar-refractivity contribution >= 4 is 52.3 Å². The second-order valence-corrected chi connectivity index (χ2v) is 7.05. The minimum atomic E-state index is -0.281. The van der Waals surface area contributed by atoms with Crippen molar-refractivity contribution in [3.8, 4) is 0 Å². The Morgan fingerprint density at radius 3 is 2.12 bits per heavy atom. The van der Waals surface area contributed by atoms with Gasteiger partial charge in [-0.1, -0.05) is 59.1 Å². The quantitative estimate of drug-likeness (QED) is 0.650. The zero-order valence-corrected chi connectivity index (χ0v) is 16.4. The number of amides is 2. The number of halogens is 3. The van der Waals surface area contributed by atoms with Crippen LogP contribution in [0.4, 0.5) is 5.69 Å². The lowest BCUT2D eigenvalue weighted by Gasteiger charge is -2.15. The first-order valence-electron chi connectivity index (χ1n) is 7.92. The number of carbonyl (C=O) groups excluding carboxylic acids is 2. The summed E-state index contributed by atoms with van der Waals surface area (Å²) >= 11 is 18.1. The highest BCUT2D eigenvalue weighted by molar-refractivity contribution is 6.39. The van der Waals surface area contributed by atoms with E-state index in [1.54, 1.807) is 31.3 Å². The van der Waals surface area contributed by atoms with Gasteiger partial charge in [0.1, 0.15) is 0 Å². The van der Waals surface area contributed by atoms with Gasteiger partial charge in [0.15, 0.2) is 13.1 Å². The first kappa shape index (κ1) is 20.5. The van der Waals surface area contributed by atoms with Crippen LogP contribution < -0.4 is 15.5 Å². The van der Waals surface area contributed by atoms with Crippen molar-refractivity contribution in [1.29, 1.82) is 0 Å². The van der Waals surface area contributed by atoms with Gasteiger partial charge in [0.2, 0.25) is 0 Å². The monoisotopic (exact) mass is 414 g/mol. The lowest BCUT2D eigenvalue weighted by molar-refractivity contribution is -0.862. The van der Waals surface area contributed by atoms with Gasteiger partial charge in [-0.25, -0.2) is 0 Å². The number of likely N-dealkylation sites (N-methyl/N-ethyl adjacent to an activating group) is 1. The molecule has 0 aliphatic rings. The molecule has 8 heteroatoms. The molecule has 2 rings (SSSR count). The summed E-state index contributed by atoms with van der Waals surface area (Å²) in [5, 5.41) is 6.79. The summed E-state index contributed by atoms with van der Waals surface area (Å²) in [4.78, 5) is 24.9. The van der Waals surface area contributed by atoms with E-state index < -0.39 is 0 Å². The van der Waals surface area contributed by atoms with Gasteiger partial charge < -0.3 is 15.5 Å². The summed E-state index contributed by atoms with van der Waals surface area (Å²) < 4.78 is 0. The summed E-state index contributed by atoms with van der Waals surface area (Å²) in [6.45, 7) is 0.586. The Morgan fingerprint density at radius 2 is 1.46 bits per heavy atom. The largest absolute Gasteiger partial charge is 0.347 e. The molecule has 2 amide bonds. The predicted octanol–water partition coefficient (Wildman–Crippen LogP) is 2.42. The standard InChI is InChI=1S/C18H18Cl3N3O2/c1-24(10-16(25)22-9-12-5-2-3-6-13(12)19)11-17(26)23-18-14(20)7-4-8-15(18)21/h2-8H,9-11H2,1H3,(H,22,25)(H,23,26)/p+1. The minimum absolute atomic E-state index is 0.0983. The maximum absolute atomic E-state index is 12.1. The zero-order chi connectivity index (χ0) is 19.1. The highest BCUT2D eigenvalue weighted by Gasteiger charge is 2.16. The van der Waals surface area contributed by atoms with Crippen LogP contribution in [0, 0.1) is 0 Å². The topological polar surface area (TPSA) is 62.6 Å². The molecule has 3 N–H and O–H groups in total. The van der Waals surface area contributed by atoms with Crippen LogP contribution in [-0.4, -0.2) is 32.0 Å². The molecule has 5 nitrogen and oxygen atoms in total. The molecule has 0 heterocycles. The summed E-state index contributed by atoms with van der Waals surface area (Å²) in [5.74, 6) is -0.456. The number of benzene rings is 2. The van der Waals surface area contributed by atoms with Crippen molar-refractivity contribution in [3.63, 3.8) is 0 Å². The third-order valence-electron chi connectivity index (χ3n) is 3.59. The molecule has 0 saturated carbocycles. The normalized spacial score (nSPS) is 11.7. The molecular formula is C18H19Cl3N3O2+. The molecule has 0 fully saturated rings. The van der Waals surface area contributed by atoms with E-state index in [9.17, 15) is 9.59 Å². The Kier molecular flexibility index (Phi) is 7.72. The molecular weight excluding hydrogens is 397 g/mol. The van der Waals surface area contributed by atoms with Gasteiger partial charge in [-0.05, 0) is 23.8 Å².